The van der Waals surface area contributed by atoms with Gasteiger partial charge in [-0.3, -0.25) is 0 Å². The molecule has 0 aliphatic carbocycles. The van der Waals surface area contributed by atoms with E-state index in [0.717, 1.165) is 0 Å². The van der Waals surface area contributed by atoms with E-state index in [0.29, 0.717) is 0 Å². The zero-order valence-electron chi connectivity index (χ0n) is 8.00. The largest absolute Gasteiger partial charge is 0.495 e. The number of nitrogens with two attached hydrogens (primary N) is 1. The Morgan fingerprint density at radius 2 is 2.33 bits per heavy atom. The van der Waals surface area contributed by atoms with Gasteiger partial charge in [-0.25, -0.2) is 13.8 Å². The van der Waals surface area contributed by atoms with Crippen LogP contribution in [0, 0.1) is 11.3 Å². The van der Waals surface area contributed by atoms with Gasteiger partial charge in [0.25, 0.3) is 6.43 Å². The second-order valence-electron chi connectivity index (χ2n) is 2.74. The minimum absolute atomic E-state index is 0.0995. The fraction of sp³-hybridized carbons (Fsp3) is 0.333. The molecule has 0 aliphatic rings. The van der Waals surface area contributed by atoms with E-state index in [-0.39, 0.29) is 23.6 Å². The van der Waals surface area contributed by atoms with E-state index in [4.69, 9.17) is 15.7 Å². The third kappa shape index (κ3) is 2.13. The number of anilines is 1. The summed E-state index contributed by atoms with van der Waals surface area (Å²) in [4.78, 5) is 3.58. The van der Waals surface area contributed by atoms with E-state index in [1.807, 2.05) is 0 Å². The molecule has 1 aromatic heterocycles. The van der Waals surface area contributed by atoms with Crippen molar-refractivity contribution in [3.8, 4) is 11.8 Å². The molecule has 0 saturated carbocycles. The first-order valence-corrected chi connectivity index (χ1v) is 4.08. The van der Waals surface area contributed by atoms with Gasteiger partial charge in [-0.2, -0.15) is 5.26 Å². The normalized spacial score (nSPS) is 10.1. The van der Waals surface area contributed by atoms with Crippen molar-refractivity contribution in [3.05, 3.63) is 17.3 Å². The molecule has 1 heterocycles. The predicted molar refractivity (Wildman–Crippen MR) is 49.5 cm³/mol. The highest BCUT2D eigenvalue weighted by molar-refractivity contribution is 5.52. The van der Waals surface area contributed by atoms with E-state index in [9.17, 15) is 8.78 Å². The maximum atomic E-state index is 12.6. The number of nitrogen functional groups attached to an aromatic ring is 1. The molecule has 0 fully saturated rings. The van der Waals surface area contributed by atoms with E-state index in [2.05, 4.69) is 4.98 Å². The van der Waals surface area contributed by atoms with Crippen LogP contribution in [0.2, 0.25) is 0 Å². The Balaban J connectivity index is 3.38. The maximum absolute atomic E-state index is 12.6. The Bertz CT molecular complexity index is 401. The van der Waals surface area contributed by atoms with Gasteiger partial charge in [-0.05, 0) is 0 Å². The van der Waals surface area contributed by atoms with Crippen LogP contribution in [-0.2, 0) is 6.42 Å². The number of alkyl halides is 2. The lowest BCUT2D eigenvalue weighted by molar-refractivity contribution is 0.150. The number of hydrogen-bond acceptors (Lipinski definition) is 4. The third-order valence-corrected chi connectivity index (χ3v) is 1.91. The van der Waals surface area contributed by atoms with Crippen molar-refractivity contribution >= 4 is 5.82 Å². The molecule has 0 bridgehead atoms. The molecule has 1 aromatic rings. The number of ether oxygens (including phenoxy) is 1. The van der Waals surface area contributed by atoms with Gasteiger partial charge >= 0.3 is 0 Å². The summed E-state index contributed by atoms with van der Waals surface area (Å²) in [5.74, 6) is -0.114. The van der Waals surface area contributed by atoms with Gasteiger partial charge in [0.15, 0.2) is 0 Å². The van der Waals surface area contributed by atoms with Gasteiger partial charge in [0.2, 0.25) is 0 Å². The average Bonchev–Trinajstić information content (AvgIpc) is 2.18. The van der Waals surface area contributed by atoms with Crippen LogP contribution < -0.4 is 10.5 Å². The quantitative estimate of drug-likeness (QED) is 0.828. The van der Waals surface area contributed by atoms with Crippen LogP contribution in [-0.4, -0.2) is 12.1 Å². The highest BCUT2D eigenvalue weighted by Gasteiger charge is 2.21. The van der Waals surface area contributed by atoms with Crippen molar-refractivity contribution < 1.29 is 13.5 Å². The first-order valence-electron chi connectivity index (χ1n) is 4.08. The number of nitriles is 1. The number of rotatable bonds is 3. The van der Waals surface area contributed by atoms with Gasteiger partial charge in [0, 0.05) is 5.56 Å². The third-order valence-electron chi connectivity index (χ3n) is 1.91. The van der Waals surface area contributed by atoms with E-state index < -0.39 is 12.0 Å². The van der Waals surface area contributed by atoms with Crippen molar-refractivity contribution in [2.75, 3.05) is 12.8 Å². The Hall–Kier alpha value is -1.90. The standard InChI is InChI=1S/C9H9F2N3O/c1-15-6-4-14-9(13)7(8(10)11)5(6)2-3-12/h4,8H,2H2,1H3,(H2,13,14). The van der Waals surface area contributed by atoms with E-state index >= 15 is 0 Å². The van der Waals surface area contributed by atoms with Gasteiger partial charge in [-0.15, -0.1) is 0 Å². The van der Waals surface area contributed by atoms with Gasteiger partial charge in [0.1, 0.15) is 11.6 Å². The summed E-state index contributed by atoms with van der Waals surface area (Å²) in [5, 5.41) is 8.53. The average molecular weight is 213 g/mol. The molecule has 0 aromatic carbocycles. The van der Waals surface area contributed by atoms with Crippen molar-refractivity contribution in [1.29, 1.82) is 5.26 Å². The molecule has 80 valence electrons. The lowest BCUT2D eigenvalue weighted by Crippen LogP contribution is -2.05. The summed E-state index contributed by atoms with van der Waals surface area (Å²) in [6, 6.07) is 1.78. The second kappa shape index (κ2) is 4.55. The molecule has 0 saturated heterocycles. The fourth-order valence-corrected chi connectivity index (χ4v) is 1.24. The number of nitrogens with zero attached hydrogens (tertiary/aromatic N) is 2. The Kier molecular flexibility index (Phi) is 3.39. The van der Waals surface area contributed by atoms with Gasteiger partial charge in [0.05, 0.1) is 31.4 Å². The highest BCUT2D eigenvalue weighted by atomic mass is 19.3. The molecule has 2 N–H and O–H groups in total. The van der Waals surface area contributed by atoms with E-state index in [1.165, 1.54) is 13.3 Å². The van der Waals surface area contributed by atoms with Crippen LogP contribution in [0.15, 0.2) is 6.20 Å². The molecule has 0 amide bonds. The monoisotopic (exact) mass is 213 g/mol. The first kappa shape index (κ1) is 11.2. The molecule has 0 aliphatic heterocycles. The summed E-state index contributed by atoms with van der Waals surface area (Å²) in [5.41, 5.74) is 5.00. The maximum Gasteiger partial charge on any atom is 0.267 e. The molecular weight excluding hydrogens is 204 g/mol. The summed E-state index contributed by atoms with van der Waals surface area (Å²) in [7, 11) is 1.32. The topological polar surface area (TPSA) is 71.9 Å². The van der Waals surface area contributed by atoms with Crippen LogP contribution in [0.1, 0.15) is 17.6 Å². The van der Waals surface area contributed by atoms with Crippen LogP contribution in [0.4, 0.5) is 14.6 Å². The smallest absolute Gasteiger partial charge is 0.267 e. The number of aromatic nitrogens is 1. The summed E-state index contributed by atoms with van der Waals surface area (Å²) in [6.45, 7) is 0. The molecule has 15 heavy (non-hydrogen) atoms. The molecule has 0 spiro atoms. The highest BCUT2D eigenvalue weighted by Crippen LogP contribution is 2.33. The predicted octanol–water partition coefficient (Wildman–Crippen LogP) is 1.68. The lowest BCUT2D eigenvalue weighted by atomic mass is 10.1. The van der Waals surface area contributed by atoms with Crippen molar-refractivity contribution in [1.82, 2.24) is 4.98 Å². The van der Waals surface area contributed by atoms with Gasteiger partial charge in [-0.1, -0.05) is 0 Å². The molecular formula is C9H9F2N3O. The summed E-state index contributed by atoms with van der Waals surface area (Å²) in [6.07, 6.45) is -1.72. The fourth-order valence-electron chi connectivity index (χ4n) is 1.24. The summed E-state index contributed by atoms with van der Waals surface area (Å²) < 4.78 is 30.1. The minimum Gasteiger partial charge on any atom is -0.495 e. The lowest BCUT2D eigenvalue weighted by Gasteiger charge is -2.12. The Morgan fingerprint density at radius 3 is 2.80 bits per heavy atom. The van der Waals surface area contributed by atoms with Crippen molar-refractivity contribution in [2.24, 2.45) is 0 Å². The van der Waals surface area contributed by atoms with Crippen molar-refractivity contribution in [3.63, 3.8) is 0 Å². The molecule has 0 atom stereocenters. The van der Waals surface area contributed by atoms with Crippen LogP contribution in [0.5, 0.6) is 5.75 Å². The SMILES string of the molecule is COc1cnc(N)c(C(F)F)c1CC#N. The minimum atomic E-state index is -2.77. The number of halogens is 2. The number of hydrogen-bond donors (Lipinski definition) is 1. The summed E-state index contributed by atoms with van der Waals surface area (Å²) >= 11 is 0. The van der Waals surface area contributed by atoms with E-state index in [1.54, 1.807) is 6.07 Å². The zero-order chi connectivity index (χ0) is 11.4. The molecule has 0 unspecified atom stereocenters. The van der Waals surface area contributed by atoms with Crippen LogP contribution >= 0.6 is 0 Å². The Morgan fingerprint density at radius 1 is 1.67 bits per heavy atom. The van der Waals surface area contributed by atoms with Gasteiger partial charge < -0.3 is 10.5 Å². The molecule has 4 nitrogen and oxygen atoms in total. The molecule has 1 rings (SSSR count). The number of pyridine rings is 1. The number of methoxy groups -OCH3 is 1. The Labute approximate surface area is 85.3 Å². The van der Waals surface area contributed by atoms with Crippen LogP contribution in [0.3, 0.4) is 0 Å². The molecule has 0 radical (unpaired) electrons. The first-order chi connectivity index (χ1) is 7.11. The van der Waals surface area contributed by atoms with Crippen molar-refractivity contribution in [2.45, 2.75) is 12.8 Å². The van der Waals surface area contributed by atoms with Crippen LogP contribution in [0.25, 0.3) is 0 Å². The molecule has 6 heteroatoms. The second-order valence-corrected chi connectivity index (χ2v) is 2.74. The zero-order valence-corrected chi connectivity index (χ0v) is 8.00.